The maximum absolute atomic E-state index is 13.0. The van der Waals surface area contributed by atoms with E-state index >= 15 is 0 Å². The third kappa shape index (κ3) is 2.81. The van der Waals surface area contributed by atoms with Crippen molar-refractivity contribution in [3.05, 3.63) is 69.9 Å². The van der Waals surface area contributed by atoms with Gasteiger partial charge in [0.1, 0.15) is 0 Å². The molecule has 0 saturated carbocycles. The normalized spacial score (nSPS) is 15.5. The Morgan fingerprint density at radius 3 is 2.75 bits per heavy atom. The summed E-state index contributed by atoms with van der Waals surface area (Å²) in [6, 6.07) is 10.1. The van der Waals surface area contributed by atoms with Crippen LogP contribution < -0.4 is 10.9 Å². The molecule has 1 N–H and O–H groups in total. The molecule has 1 aliphatic rings. The van der Waals surface area contributed by atoms with Crippen LogP contribution in [-0.2, 0) is 0 Å². The number of nitrogens with one attached hydrogen (secondary N) is 1. The smallest absolute Gasteiger partial charge is 0.258 e. The van der Waals surface area contributed by atoms with Gasteiger partial charge in [0, 0.05) is 22.8 Å². The number of nitrogens with zero attached hydrogens (tertiary/aromatic N) is 4. The highest BCUT2D eigenvalue weighted by molar-refractivity contribution is 5.68. The average molecular weight is 373 g/mol. The Morgan fingerprint density at radius 2 is 1.93 bits per heavy atom. The van der Waals surface area contributed by atoms with Gasteiger partial charge in [-0.05, 0) is 75.5 Å². The standard InChI is InChI=1S/C22H23N5O/c1-14-11-20(25-27-13-15(2)24-21(14)27)17-7-10-26-18(12-17)3-4-19(22(26)28)16-5-8-23-9-6-16/h3-4,7,10-13,16,23H,5-6,8-9H2,1-2H3. The third-order valence-corrected chi connectivity index (χ3v) is 5.69. The van der Waals surface area contributed by atoms with Crippen LogP contribution in [0.5, 0.6) is 0 Å². The van der Waals surface area contributed by atoms with Gasteiger partial charge >= 0.3 is 0 Å². The first-order valence-corrected chi connectivity index (χ1v) is 9.80. The molecule has 5 rings (SSSR count). The third-order valence-electron chi connectivity index (χ3n) is 5.69. The minimum absolute atomic E-state index is 0.0979. The Kier molecular flexibility index (Phi) is 4.02. The molecule has 6 heteroatoms. The van der Waals surface area contributed by atoms with Gasteiger partial charge in [0.05, 0.1) is 17.6 Å². The second-order valence-corrected chi connectivity index (χ2v) is 7.69. The van der Waals surface area contributed by atoms with Crippen LogP contribution in [0.15, 0.2) is 47.5 Å². The summed E-state index contributed by atoms with van der Waals surface area (Å²) in [7, 11) is 0. The number of fused-ring (bicyclic) bond motifs is 2. The lowest BCUT2D eigenvalue weighted by Crippen LogP contribution is -2.30. The van der Waals surface area contributed by atoms with Crippen molar-refractivity contribution in [1.82, 2.24) is 24.3 Å². The minimum atomic E-state index is 0.0979. The number of aromatic nitrogens is 4. The fourth-order valence-electron chi connectivity index (χ4n) is 4.21. The lowest BCUT2D eigenvalue weighted by atomic mass is 9.91. The van der Waals surface area contributed by atoms with E-state index in [0.29, 0.717) is 5.92 Å². The van der Waals surface area contributed by atoms with E-state index in [-0.39, 0.29) is 5.56 Å². The van der Waals surface area contributed by atoms with E-state index in [4.69, 9.17) is 5.10 Å². The zero-order valence-electron chi connectivity index (χ0n) is 16.1. The van der Waals surface area contributed by atoms with Crippen molar-refractivity contribution in [3.8, 4) is 11.3 Å². The number of piperidine rings is 1. The number of rotatable bonds is 2. The van der Waals surface area contributed by atoms with Crippen LogP contribution in [0.2, 0.25) is 0 Å². The van der Waals surface area contributed by atoms with Crippen molar-refractivity contribution in [2.75, 3.05) is 13.1 Å². The molecular formula is C22H23N5O. The lowest BCUT2D eigenvalue weighted by molar-refractivity contribution is 0.457. The molecule has 28 heavy (non-hydrogen) atoms. The van der Waals surface area contributed by atoms with E-state index in [2.05, 4.69) is 22.4 Å². The van der Waals surface area contributed by atoms with E-state index in [0.717, 1.165) is 65.2 Å². The maximum Gasteiger partial charge on any atom is 0.258 e. The molecule has 4 aromatic heterocycles. The van der Waals surface area contributed by atoms with Crippen LogP contribution in [-0.4, -0.2) is 32.1 Å². The van der Waals surface area contributed by atoms with E-state index in [9.17, 15) is 4.79 Å². The molecule has 5 heterocycles. The first-order chi connectivity index (χ1) is 13.6. The fraction of sp³-hybridized carbons (Fsp3) is 0.318. The predicted molar refractivity (Wildman–Crippen MR) is 110 cm³/mol. The largest absolute Gasteiger partial charge is 0.317 e. The summed E-state index contributed by atoms with van der Waals surface area (Å²) < 4.78 is 3.59. The zero-order valence-corrected chi connectivity index (χ0v) is 16.1. The van der Waals surface area contributed by atoms with Gasteiger partial charge in [0.15, 0.2) is 5.65 Å². The van der Waals surface area contributed by atoms with Crippen LogP contribution in [0.25, 0.3) is 22.4 Å². The summed E-state index contributed by atoms with van der Waals surface area (Å²) in [6.45, 7) is 5.97. The van der Waals surface area contributed by atoms with Gasteiger partial charge < -0.3 is 5.32 Å². The molecule has 0 atom stereocenters. The zero-order chi connectivity index (χ0) is 19.3. The Balaban J connectivity index is 1.59. The Bertz CT molecular complexity index is 1250. The number of aryl methyl sites for hydroxylation is 2. The lowest BCUT2D eigenvalue weighted by Gasteiger charge is -2.22. The van der Waals surface area contributed by atoms with Crippen molar-refractivity contribution in [2.24, 2.45) is 0 Å². The molecular weight excluding hydrogens is 350 g/mol. The summed E-state index contributed by atoms with van der Waals surface area (Å²) >= 11 is 0. The van der Waals surface area contributed by atoms with Gasteiger partial charge in [0.25, 0.3) is 5.56 Å². The summed E-state index contributed by atoms with van der Waals surface area (Å²) in [5, 5.41) is 8.07. The SMILES string of the molecule is Cc1cn2nc(-c3ccn4c(=O)c(C5CCNCC5)ccc4c3)cc(C)c2n1. The molecule has 142 valence electrons. The molecule has 4 aromatic rings. The Hall–Kier alpha value is -2.99. The Labute approximate surface area is 162 Å². The van der Waals surface area contributed by atoms with Crippen LogP contribution in [0.1, 0.15) is 35.6 Å². The van der Waals surface area contributed by atoms with E-state index in [1.165, 1.54) is 0 Å². The molecule has 1 saturated heterocycles. The highest BCUT2D eigenvalue weighted by atomic mass is 16.1. The van der Waals surface area contributed by atoms with E-state index < -0.39 is 0 Å². The van der Waals surface area contributed by atoms with Gasteiger partial charge in [-0.25, -0.2) is 9.50 Å². The number of imidazole rings is 1. The molecule has 0 bridgehead atoms. The van der Waals surface area contributed by atoms with Crippen molar-refractivity contribution < 1.29 is 0 Å². The van der Waals surface area contributed by atoms with Crippen LogP contribution in [0.3, 0.4) is 0 Å². The van der Waals surface area contributed by atoms with E-state index in [1.807, 2.05) is 49.0 Å². The Morgan fingerprint density at radius 1 is 1.11 bits per heavy atom. The van der Waals surface area contributed by atoms with Crippen molar-refractivity contribution in [2.45, 2.75) is 32.6 Å². The minimum Gasteiger partial charge on any atom is -0.317 e. The molecule has 1 fully saturated rings. The van der Waals surface area contributed by atoms with Gasteiger partial charge in [-0.15, -0.1) is 0 Å². The van der Waals surface area contributed by atoms with Crippen molar-refractivity contribution in [1.29, 1.82) is 0 Å². The molecule has 0 aliphatic carbocycles. The molecule has 0 unspecified atom stereocenters. The summed E-state index contributed by atoms with van der Waals surface area (Å²) in [6.07, 6.45) is 5.85. The monoisotopic (exact) mass is 373 g/mol. The summed E-state index contributed by atoms with van der Waals surface area (Å²) in [4.78, 5) is 17.5. The molecule has 0 aromatic carbocycles. The second-order valence-electron chi connectivity index (χ2n) is 7.69. The number of hydrogen-bond donors (Lipinski definition) is 1. The first kappa shape index (κ1) is 17.1. The van der Waals surface area contributed by atoms with Gasteiger partial charge in [-0.2, -0.15) is 5.10 Å². The van der Waals surface area contributed by atoms with E-state index in [1.54, 1.807) is 4.40 Å². The first-order valence-electron chi connectivity index (χ1n) is 9.80. The average Bonchev–Trinajstić information content (AvgIpc) is 3.09. The maximum atomic E-state index is 13.0. The van der Waals surface area contributed by atoms with Gasteiger partial charge in [-0.1, -0.05) is 6.07 Å². The van der Waals surface area contributed by atoms with Crippen molar-refractivity contribution in [3.63, 3.8) is 0 Å². The molecule has 0 spiro atoms. The van der Waals surface area contributed by atoms with Crippen molar-refractivity contribution >= 4 is 11.2 Å². The molecule has 0 radical (unpaired) electrons. The van der Waals surface area contributed by atoms with Crippen LogP contribution >= 0.6 is 0 Å². The summed E-state index contributed by atoms with van der Waals surface area (Å²) in [5.74, 6) is 0.349. The highest BCUT2D eigenvalue weighted by Gasteiger charge is 2.19. The second kappa shape index (κ2) is 6.56. The number of pyridine rings is 2. The van der Waals surface area contributed by atoms with Gasteiger partial charge in [0.2, 0.25) is 0 Å². The molecule has 0 amide bonds. The van der Waals surface area contributed by atoms with Crippen LogP contribution in [0, 0.1) is 13.8 Å². The number of hydrogen-bond acceptors (Lipinski definition) is 4. The van der Waals surface area contributed by atoms with Crippen LogP contribution in [0.4, 0.5) is 0 Å². The highest BCUT2D eigenvalue weighted by Crippen LogP contribution is 2.25. The summed E-state index contributed by atoms with van der Waals surface area (Å²) in [5.41, 5.74) is 6.69. The molecule has 6 nitrogen and oxygen atoms in total. The fourth-order valence-corrected chi connectivity index (χ4v) is 4.21. The topological polar surface area (TPSA) is 63.7 Å². The van der Waals surface area contributed by atoms with Gasteiger partial charge in [-0.3, -0.25) is 9.20 Å². The molecule has 1 aliphatic heterocycles. The quantitative estimate of drug-likeness (QED) is 0.586. The predicted octanol–water partition coefficient (Wildman–Crippen LogP) is 3.09.